The van der Waals surface area contributed by atoms with E-state index in [2.05, 4.69) is 42.3 Å². The quantitative estimate of drug-likeness (QED) is 0.755. The molecule has 0 aliphatic carbocycles. The zero-order valence-electron chi connectivity index (χ0n) is 17.1. The van der Waals surface area contributed by atoms with Crippen LogP contribution in [0.1, 0.15) is 37.8 Å². The molecule has 0 bridgehead atoms. The molecule has 1 heterocycles. The van der Waals surface area contributed by atoms with Gasteiger partial charge in [0.05, 0.1) is 0 Å². The van der Waals surface area contributed by atoms with E-state index < -0.39 is 0 Å². The Kier molecular flexibility index (Phi) is 7.49. The first-order chi connectivity index (χ1) is 13.6. The van der Waals surface area contributed by atoms with E-state index in [0.29, 0.717) is 12.0 Å². The van der Waals surface area contributed by atoms with Crippen LogP contribution >= 0.6 is 0 Å². The molecule has 1 aliphatic rings. The molecule has 2 aromatic carbocycles. The summed E-state index contributed by atoms with van der Waals surface area (Å²) in [7, 11) is 0. The van der Waals surface area contributed by atoms with Crippen LogP contribution in [0.4, 0.5) is 0 Å². The van der Waals surface area contributed by atoms with Crippen LogP contribution in [0.5, 0.6) is 5.75 Å². The zero-order valence-corrected chi connectivity index (χ0v) is 17.1. The zero-order chi connectivity index (χ0) is 19.8. The Balaban J connectivity index is 1.47. The number of nitrogens with zero attached hydrogens (tertiary/aromatic N) is 1. The summed E-state index contributed by atoms with van der Waals surface area (Å²) < 4.78 is 5.85. The second-order valence-electron chi connectivity index (χ2n) is 7.96. The van der Waals surface area contributed by atoms with Gasteiger partial charge in [0.15, 0.2) is 6.61 Å². The van der Waals surface area contributed by atoms with Crippen molar-refractivity contribution in [3.05, 3.63) is 65.7 Å². The minimum atomic E-state index is -0.0452. The van der Waals surface area contributed by atoms with E-state index in [1.807, 2.05) is 36.4 Å². The number of likely N-dealkylation sites (tertiary alicyclic amines) is 1. The summed E-state index contributed by atoms with van der Waals surface area (Å²) in [6, 6.07) is 18.8. The summed E-state index contributed by atoms with van der Waals surface area (Å²) >= 11 is 0. The number of para-hydroxylation sites is 1. The number of nitrogens with one attached hydrogen (secondary N) is 1. The predicted octanol–water partition coefficient (Wildman–Crippen LogP) is 3.89. The highest BCUT2D eigenvalue weighted by Gasteiger charge is 2.22. The molecule has 0 saturated carbocycles. The lowest BCUT2D eigenvalue weighted by atomic mass is 9.97. The van der Waals surface area contributed by atoms with Gasteiger partial charge in [0, 0.05) is 25.6 Å². The van der Waals surface area contributed by atoms with Crippen LogP contribution < -0.4 is 10.1 Å². The van der Waals surface area contributed by atoms with Crippen molar-refractivity contribution in [1.29, 1.82) is 0 Å². The summed E-state index contributed by atoms with van der Waals surface area (Å²) in [6.45, 7) is 7.51. The van der Waals surface area contributed by atoms with Crippen LogP contribution in [0.15, 0.2) is 54.6 Å². The normalized spacial score (nSPS) is 17.5. The molecule has 1 N–H and O–H groups in total. The number of piperidine rings is 1. The molecule has 0 aromatic heterocycles. The number of hydrogen-bond acceptors (Lipinski definition) is 3. The fourth-order valence-corrected chi connectivity index (χ4v) is 3.79. The Labute approximate surface area is 168 Å². The maximum absolute atomic E-state index is 12.3. The van der Waals surface area contributed by atoms with Crippen molar-refractivity contribution >= 4 is 5.91 Å². The predicted molar refractivity (Wildman–Crippen MR) is 114 cm³/mol. The number of carbonyl (C=O) groups is 1. The maximum atomic E-state index is 12.3. The highest BCUT2D eigenvalue weighted by Crippen LogP contribution is 2.21. The molecular weight excluding hydrogens is 348 g/mol. The van der Waals surface area contributed by atoms with E-state index in [-0.39, 0.29) is 12.5 Å². The fourth-order valence-electron chi connectivity index (χ4n) is 3.79. The summed E-state index contributed by atoms with van der Waals surface area (Å²) in [6.07, 6.45) is 3.19. The van der Waals surface area contributed by atoms with Gasteiger partial charge >= 0.3 is 0 Å². The molecule has 0 radical (unpaired) electrons. The van der Waals surface area contributed by atoms with Crippen LogP contribution in [-0.4, -0.2) is 43.1 Å². The standard InChI is InChI=1S/C24H32N2O2/c1-19(2)26-14-8-11-21(17-26)16-25-24(27)18-28-23-13-7-6-12-22(23)15-20-9-4-3-5-10-20/h3-7,9-10,12-13,19,21H,8,11,14-18H2,1-2H3,(H,25,27). The van der Waals surface area contributed by atoms with Crippen molar-refractivity contribution in [2.75, 3.05) is 26.2 Å². The van der Waals surface area contributed by atoms with Gasteiger partial charge in [-0.15, -0.1) is 0 Å². The molecule has 28 heavy (non-hydrogen) atoms. The van der Waals surface area contributed by atoms with Crippen LogP contribution in [0.2, 0.25) is 0 Å². The SMILES string of the molecule is CC(C)N1CCCC(CNC(=O)COc2ccccc2Cc2ccccc2)C1. The number of hydrogen-bond donors (Lipinski definition) is 1. The molecule has 1 saturated heterocycles. The number of benzene rings is 2. The van der Waals surface area contributed by atoms with Crippen molar-refractivity contribution < 1.29 is 9.53 Å². The molecule has 1 aliphatic heterocycles. The highest BCUT2D eigenvalue weighted by atomic mass is 16.5. The molecule has 1 unspecified atom stereocenters. The van der Waals surface area contributed by atoms with E-state index in [4.69, 9.17) is 4.74 Å². The second-order valence-corrected chi connectivity index (χ2v) is 7.96. The van der Waals surface area contributed by atoms with Gasteiger partial charge in [-0.3, -0.25) is 4.79 Å². The Bertz CT molecular complexity index is 745. The minimum Gasteiger partial charge on any atom is -0.483 e. The van der Waals surface area contributed by atoms with Crippen molar-refractivity contribution in [3.63, 3.8) is 0 Å². The van der Waals surface area contributed by atoms with E-state index in [1.165, 1.54) is 24.9 Å². The molecule has 1 atom stereocenters. The second kappa shape index (κ2) is 10.3. The molecule has 150 valence electrons. The summed E-state index contributed by atoms with van der Waals surface area (Å²) in [5.74, 6) is 1.27. The van der Waals surface area contributed by atoms with Crippen LogP contribution in [-0.2, 0) is 11.2 Å². The lowest BCUT2D eigenvalue weighted by molar-refractivity contribution is -0.123. The molecule has 0 spiro atoms. The van der Waals surface area contributed by atoms with E-state index in [0.717, 1.165) is 30.8 Å². The van der Waals surface area contributed by atoms with Gasteiger partial charge in [-0.05, 0) is 56.3 Å². The molecule has 4 nitrogen and oxygen atoms in total. The van der Waals surface area contributed by atoms with E-state index in [9.17, 15) is 4.79 Å². The van der Waals surface area contributed by atoms with Crippen LogP contribution in [0.25, 0.3) is 0 Å². The Morgan fingerprint density at radius 2 is 1.89 bits per heavy atom. The molecule has 2 aromatic rings. The van der Waals surface area contributed by atoms with Crippen molar-refractivity contribution in [1.82, 2.24) is 10.2 Å². The summed E-state index contributed by atoms with van der Waals surface area (Å²) in [5, 5.41) is 3.06. The average Bonchev–Trinajstić information content (AvgIpc) is 2.72. The van der Waals surface area contributed by atoms with Crippen molar-refractivity contribution in [3.8, 4) is 5.75 Å². The number of rotatable bonds is 8. The Morgan fingerprint density at radius 3 is 2.68 bits per heavy atom. The lowest BCUT2D eigenvalue weighted by Gasteiger charge is -2.35. The molecule has 3 rings (SSSR count). The highest BCUT2D eigenvalue weighted by molar-refractivity contribution is 5.77. The van der Waals surface area contributed by atoms with Gasteiger partial charge in [0.2, 0.25) is 0 Å². The van der Waals surface area contributed by atoms with Crippen LogP contribution in [0.3, 0.4) is 0 Å². The average molecular weight is 381 g/mol. The van der Waals surface area contributed by atoms with Gasteiger partial charge in [-0.25, -0.2) is 0 Å². The maximum Gasteiger partial charge on any atom is 0.257 e. The van der Waals surface area contributed by atoms with E-state index in [1.54, 1.807) is 0 Å². The number of amides is 1. The topological polar surface area (TPSA) is 41.6 Å². The van der Waals surface area contributed by atoms with Gasteiger partial charge < -0.3 is 15.0 Å². The minimum absolute atomic E-state index is 0.0452. The first kappa shape index (κ1) is 20.4. The molecule has 1 amide bonds. The van der Waals surface area contributed by atoms with Crippen molar-refractivity contribution in [2.24, 2.45) is 5.92 Å². The Hall–Kier alpha value is -2.33. The third kappa shape index (κ3) is 6.10. The monoisotopic (exact) mass is 380 g/mol. The fraction of sp³-hybridized carbons (Fsp3) is 0.458. The number of ether oxygens (including phenoxy) is 1. The van der Waals surface area contributed by atoms with Crippen molar-refractivity contribution in [2.45, 2.75) is 39.2 Å². The van der Waals surface area contributed by atoms with Gasteiger partial charge in [0.1, 0.15) is 5.75 Å². The molecule has 1 fully saturated rings. The van der Waals surface area contributed by atoms with Crippen LogP contribution in [0, 0.1) is 5.92 Å². The smallest absolute Gasteiger partial charge is 0.257 e. The Morgan fingerprint density at radius 1 is 1.14 bits per heavy atom. The summed E-state index contributed by atoms with van der Waals surface area (Å²) in [4.78, 5) is 14.8. The third-order valence-corrected chi connectivity index (χ3v) is 5.44. The summed E-state index contributed by atoms with van der Waals surface area (Å²) in [5.41, 5.74) is 2.33. The van der Waals surface area contributed by atoms with E-state index >= 15 is 0 Å². The number of carbonyl (C=O) groups excluding carboxylic acids is 1. The van der Waals surface area contributed by atoms with Gasteiger partial charge in [-0.1, -0.05) is 48.5 Å². The first-order valence-corrected chi connectivity index (χ1v) is 10.4. The molecular formula is C24H32N2O2. The molecule has 4 heteroatoms. The first-order valence-electron chi connectivity index (χ1n) is 10.4. The largest absolute Gasteiger partial charge is 0.483 e. The van der Waals surface area contributed by atoms with Gasteiger partial charge in [0.25, 0.3) is 5.91 Å². The lowest BCUT2D eigenvalue weighted by Crippen LogP contribution is -2.44. The van der Waals surface area contributed by atoms with Gasteiger partial charge in [-0.2, -0.15) is 0 Å². The third-order valence-electron chi connectivity index (χ3n) is 5.44.